The van der Waals surface area contributed by atoms with Gasteiger partial charge in [0.1, 0.15) is 17.2 Å². The van der Waals surface area contributed by atoms with Gasteiger partial charge in [0.25, 0.3) is 0 Å². The van der Waals surface area contributed by atoms with Gasteiger partial charge in [0.2, 0.25) is 0 Å². The molecule has 0 aromatic heterocycles. The summed E-state index contributed by atoms with van der Waals surface area (Å²) < 4.78 is 26.7. The Hall–Kier alpha value is -4.11. The molecule has 0 saturated heterocycles. The highest BCUT2D eigenvalue weighted by molar-refractivity contribution is 5.91. The van der Waals surface area contributed by atoms with E-state index in [9.17, 15) is 14.4 Å². The van der Waals surface area contributed by atoms with Crippen molar-refractivity contribution >= 4 is 17.9 Å². The summed E-state index contributed by atoms with van der Waals surface area (Å²) in [5.74, 6) is 0.214. The highest BCUT2D eigenvalue weighted by Crippen LogP contribution is 2.20. The maximum Gasteiger partial charge on any atom is 0.343 e. The first kappa shape index (κ1) is 31.1. The van der Waals surface area contributed by atoms with Crippen molar-refractivity contribution < 1.29 is 43.2 Å². The van der Waals surface area contributed by atoms with E-state index >= 15 is 0 Å². The molecule has 0 aliphatic heterocycles. The minimum atomic E-state index is -0.601. The molecule has 2 aromatic rings. The molecule has 1 N–H and O–H groups in total. The topological polar surface area (TPSA) is 118 Å². The average molecular weight is 541 g/mol. The molecule has 0 spiro atoms. The summed E-state index contributed by atoms with van der Waals surface area (Å²) in [7, 11) is 0. The van der Waals surface area contributed by atoms with Crippen LogP contribution in [0.4, 0.5) is 0 Å². The van der Waals surface area contributed by atoms with Crippen LogP contribution in [0.1, 0.15) is 48.9 Å². The van der Waals surface area contributed by atoms with Gasteiger partial charge in [0.15, 0.2) is 0 Å². The standard InChI is InChI=1S/C30H36O9/c1-3-28(32)37-20-7-5-4-6-18-35-26-14-16-27(17-15-26)39-30(34)24-10-12-25(13-11-24)36-19-8-9-21-38-29(33)23(2)22-31/h3,10-17,31H,1-2,4-9,18-22H2. The molecule has 0 radical (unpaired) electrons. The average Bonchev–Trinajstić information content (AvgIpc) is 2.96. The van der Waals surface area contributed by atoms with E-state index in [2.05, 4.69) is 13.2 Å². The highest BCUT2D eigenvalue weighted by Gasteiger charge is 2.10. The highest BCUT2D eigenvalue weighted by atomic mass is 16.5. The Balaban J connectivity index is 1.61. The molecule has 0 saturated carbocycles. The van der Waals surface area contributed by atoms with E-state index in [1.165, 1.54) is 0 Å². The van der Waals surface area contributed by atoms with Crippen molar-refractivity contribution in [2.24, 2.45) is 0 Å². The van der Waals surface area contributed by atoms with Gasteiger partial charge in [-0.1, -0.05) is 13.2 Å². The molecule has 0 atom stereocenters. The number of unbranched alkanes of at least 4 members (excludes halogenated alkanes) is 4. The second-order valence-electron chi connectivity index (χ2n) is 8.47. The third-order valence-corrected chi connectivity index (χ3v) is 5.36. The van der Waals surface area contributed by atoms with E-state index in [-0.39, 0.29) is 12.2 Å². The smallest absolute Gasteiger partial charge is 0.343 e. The number of benzene rings is 2. The zero-order valence-corrected chi connectivity index (χ0v) is 22.1. The van der Waals surface area contributed by atoms with Crippen LogP contribution < -0.4 is 14.2 Å². The van der Waals surface area contributed by atoms with E-state index < -0.39 is 24.5 Å². The predicted molar refractivity (Wildman–Crippen MR) is 145 cm³/mol. The lowest BCUT2D eigenvalue weighted by Gasteiger charge is -2.09. The second-order valence-corrected chi connectivity index (χ2v) is 8.47. The molecule has 0 aliphatic carbocycles. The first-order valence-corrected chi connectivity index (χ1v) is 12.9. The van der Waals surface area contributed by atoms with Gasteiger partial charge < -0.3 is 28.8 Å². The largest absolute Gasteiger partial charge is 0.494 e. The van der Waals surface area contributed by atoms with Crippen LogP contribution in [-0.2, 0) is 19.1 Å². The molecule has 0 fully saturated rings. The number of aliphatic hydroxyl groups is 1. The number of rotatable bonds is 19. The Morgan fingerprint density at radius 3 is 1.77 bits per heavy atom. The normalized spacial score (nSPS) is 10.3. The molecule has 0 unspecified atom stereocenters. The van der Waals surface area contributed by atoms with Crippen LogP contribution >= 0.6 is 0 Å². The molecule has 2 aromatic carbocycles. The van der Waals surface area contributed by atoms with E-state index in [4.69, 9.17) is 28.8 Å². The van der Waals surface area contributed by atoms with Crippen molar-refractivity contribution in [3.63, 3.8) is 0 Å². The Morgan fingerprint density at radius 2 is 1.18 bits per heavy atom. The number of carbonyl (C=O) groups is 3. The fourth-order valence-corrected chi connectivity index (χ4v) is 3.16. The molecular formula is C30H36O9. The lowest BCUT2D eigenvalue weighted by Crippen LogP contribution is -2.11. The van der Waals surface area contributed by atoms with E-state index in [0.29, 0.717) is 55.5 Å². The van der Waals surface area contributed by atoms with Crippen molar-refractivity contribution in [1.29, 1.82) is 0 Å². The minimum absolute atomic E-state index is 0.0254. The van der Waals surface area contributed by atoms with E-state index in [1.807, 2.05) is 0 Å². The molecule has 0 heterocycles. The second kappa shape index (κ2) is 18.2. The number of esters is 3. The summed E-state index contributed by atoms with van der Waals surface area (Å²) in [6.45, 7) is 7.94. The van der Waals surface area contributed by atoms with E-state index in [0.717, 1.165) is 31.8 Å². The molecule has 9 nitrogen and oxygen atoms in total. The Bertz CT molecular complexity index is 1060. The zero-order chi connectivity index (χ0) is 28.3. The number of carbonyl (C=O) groups excluding carboxylic acids is 3. The van der Waals surface area contributed by atoms with Crippen LogP contribution in [0.15, 0.2) is 73.3 Å². The van der Waals surface area contributed by atoms with Gasteiger partial charge in [-0.05, 0) is 87.1 Å². The lowest BCUT2D eigenvalue weighted by atomic mass is 10.2. The van der Waals surface area contributed by atoms with Crippen LogP contribution in [0.25, 0.3) is 0 Å². The fourth-order valence-electron chi connectivity index (χ4n) is 3.16. The zero-order valence-electron chi connectivity index (χ0n) is 22.1. The third kappa shape index (κ3) is 12.8. The number of hydrogen-bond acceptors (Lipinski definition) is 9. The SMILES string of the molecule is C=CC(=O)OCCCCCCOc1ccc(OC(=O)c2ccc(OCCCCOC(=O)C(=C)CO)cc2)cc1. The lowest BCUT2D eigenvalue weighted by molar-refractivity contribution is -0.140. The van der Waals surface area contributed by atoms with Gasteiger partial charge in [0.05, 0.1) is 44.2 Å². The summed E-state index contributed by atoms with van der Waals surface area (Å²) in [6, 6.07) is 13.5. The third-order valence-electron chi connectivity index (χ3n) is 5.36. The van der Waals surface area contributed by atoms with E-state index in [1.54, 1.807) is 48.5 Å². The molecule has 0 amide bonds. The molecule has 0 aliphatic rings. The van der Waals surface area contributed by atoms with Crippen molar-refractivity contribution in [3.05, 3.63) is 78.9 Å². The van der Waals surface area contributed by atoms with Crippen molar-refractivity contribution in [2.75, 3.05) is 33.0 Å². The Morgan fingerprint density at radius 1 is 0.692 bits per heavy atom. The predicted octanol–water partition coefficient (Wildman–Crippen LogP) is 4.82. The molecule has 2 rings (SSSR count). The first-order chi connectivity index (χ1) is 18.9. The van der Waals surface area contributed by atoms with Gasteiger partial charge in [-0.25, -0.2) is 14.4 Å². The summed E-state index contributed by atoms with van der Waals surface area (Å²) in [4.78, 5) is 34.8. The van der Waals surface area contributed by atoms with Crippen LogP contribution in [0.3, 0.4) is 0 Å². The fraction of sp³-hybridized carbons (Fsp3) is 0.367. The molecule has 9 heteroatoms. The molecule has 0 bridgehead atoms. The summed E-state index contributed by atoms with van der Waals surface area (Å²) >= 11 is 0. The van der Waals surface area contributed by atoms with Crippen LogP contribution in [-0.4, -0.2) is 56.0 Å². The molecule has 210 valence electrons. The maximum atomic E-state index is 12.5. The van der Waals surface area contributed by atoms with Crippen LogP contribution in [0.5, 0.6) is 17.2 Å². The van der Waals surface area contributed by atoms with Crippen LogP contribution in [0, 0.1) is 0 Å². The maximum absolute atomic E-state index is 12.5. The van der Waals surface area contributed by atoms with Crippen molar-refractivity contribution in [1.82, 2.24) is 0 Å². The minimum Gasteiger partial charge on any atom is -0.494 e. The van der Waals surface area contributed by atoms with Gasteiger partial charge in [0, 0.05) is 6.08 Å². The monoisotopic (exact) mass is 540 g/mol. The van der Waals surface area contributed by atoms with Gasteiger partial charge in [-0.3, -0.25) is 0 Å². The number of ether oxygens (including phenoxy) is 5. The Kier molecular flexibility index (Phi) is 14.5. The van der Waals surface area contributed by atoms with Gasteiger partial charge >= 0.3 is 17.9 Å². The van der Waals surface area contributed by atoms with Crippen LogP contribution in [0.2, 0.25) is 0 Å². The van der Waals surface area contributed by atoms with Gasteiger partial charge in [-0.15, -0.1) is 0 Å². The summed E-state index contributed by atoms with van der Waals surface area (Å²) in [5, 5.41) is 8.82. The summed E-state index contributed by atoms with van der Waals surface area (Å²) in [5.41, 5.74) is 0.412. The first-order valence-electron chi connectivity index (χ1n) is 12.9. The Labute approximate surface area is 229 Å². The van der Waals surface area contributed by atoms with Crippen molar-refractivity contribution in [2.45, 2.75) is 38.5 Å². The number of aliphatic hydroxyl groups excluding tert-OH is 1. The van der Waals surface area contributed by atoms with Gasteiger partial charge in [-0.2, -0.15) is 0 Å². The quantitative estimate of drug-likeness (QED) is 0.116. The summed E-state index contributed by atoms with van der Waals surface area (Å²) in [6.07, 6.45) is 6.02. The molecular weight excluding hydrogens is 504 g/mol. The van der Waals surface area contributed by atoms with Crippen molar-refractivity contribution in [3.8, 4) is 17.2 Å². The molecule has 39 heavy (non-hydrogen) atoms. The number of hydrogen-bond donors (Lipinski definition) is 1.